The van der Waals surface area contributed by atoms with Crippen molar-refractivity contribution in [3.05, 3.63) is 24.5 Å². The topological polar surface area (TPSA) is 48.5 Å². The van der Waals surface area contributed by atoms with E-state index in [0.717, 1.165) is 31.9 Å². The molecular weight excluding hydrogens is 216 g/mol. The van der Waals surface area contributed by atoms with Crippen LogP contribution in [-0.4, -0.2) is 60.5 Å². The van der Waals surface area contributed by atoms with Gasteiger partial charge in [0.15, 0.2) is 0 Å². The van der Waals surface area contributed by atoms with Gasteiger partial charge in [0.05, 0.1) is 18.4 Å². The molecule has 92 valence electrons. The molecule has 0 aromatic carbocycles. The number of anilines is 1. The number of carbonyl (C=O) groups excluding carboxylic acids is 1. The molecule has 0 spiro atoms. The fraction of sp³-hybridized carbons (Fsp3) is 0.500. The Labute approximate surface area is 101 Å². The number of hydrogen-bond donors (Lipinski definition) is 1. The molecule has 2 rings (SSSR count). The van der Waals surface area contributed by atoms with Crippen molar-refractivity contribution in [3.63, 3.8) is 0 Å². The number of nitrogens with zero attached hydrogens (tertiary/aromatic N) is 3. The molecule has 0 saturated carbocycles. The van der Waals surface area contributed by atoms with Gasteiger partial charge in [0.2, 0.25) is 5.91 Å². The summed E-state index contributed by atoms with van der Waals surface area (Å²) in [6.07, 6.45) is 3.35. The monoisotopic (exact) mass is 234 g/mol. The molecule has 5 nitrogen and oxygen atoms in total. The number of aromatic nitrogens is 1. The molecule has 17 heavy (non-hydrogen) atoms. The lowest BCUT2D eigenvalue weighted by Gasteiger charge is -2.31. The number of rotatable bonds is 3. The lowest BCUT2D eigenvalue weighted by molar-refractivity contribution is -0.117. The van der Waals surface area contributed by atoms with Crippen LogP contribution in [0.5, 0.6) is 0 Å². The smallest absolute Gasteiger partial charge is 0.238 e. The predicted molar refractivity (Wildman–Crippen MR) is 66.8 cm³/mol. The quantitative estimate of drug-likeness (QED) is 0.815. The minimum absolute atomic E-state index is 0.0301. The zero-order valence-corrected chi connectivity index (χ0v) is 10.1. The summed E-state index contributed by atoms with van der Waals surface area (Å²) in [4.78, 5) is 20.2. The van der Waals surface area contributed by atoms with Crippen LogP contribution in [0.4, 0.5) is 5.69 Å². The van der Waals surface area contributed by atoms with E-state index >= 15 is 0 Å². The second-order valence-electron chi connectivity index (χ2n) is 4.37. The number of likely N-dealkylation sites (N-methyl/N-ethyl adjacent to an activating group) is 1. The molecule has 0 bridgehead atoms. The van der Waals surface area contributed by atoms with Gasteiger partial charge in [0.1, 0.15) is 0 Å². The van der Waals surface area contributed by atoms with Gasteiger partial charge in [-0.1, -0.05) is 0 Å². The summed E-state index contributed by atoms with van der Waals surface area (Å²) in [5.41, 5.74) is 0.756. The summed E-state index contributed by atoms with van der Waals surface area (Å²) in [6, 6.07) is 3.65. The van der Waals surface area contributed by atoms with Crippen molar-refractivity contribution in [1.82, 2.24) is 14.8 Å². The average molecular weight is 234 g/mol. The first-order chi connectivity index (χ1) is 8.24. The highest BCUT2D eigenvalue weighted by Gasteiger charge is 2.16. The summed E-state index contributed by atoms with van der Waals surface area (Å²) >= 11 is 0. The van der Waals surface area contributed by atoms with Crippen molar-refractivity contribution >= 4 is 11.6 Å². The number of pyridine rings is 1. The van der Waals surface area contributed by atoms with Crippen LogP contribution in [0, 0.1) is 0 Å². The molecule has 1 saturated heterocycles. The predicted octanol–water partition coefficient (Wildman–Crippen LogP) is 0.267. The number of amides is 1. The molecule has 0 atom stereocenters. The van der Waals surface area contributed by atoms with E-state index in [4.69, 9.17) is 0 Å². The summed E-state index contributed by atoms with van der Waals surface area (Å²) < 4.78 is 0. The summed E-state index contributed by atoms with van der Waals surface area (Å²) in [5.74, 6) is 0.0301. The molecule has 0 unspecified atom stereocenters. The van der Waals surface area contributed by atoms with Crippen LogP contribution in [0.15, 0.2) is 24.5 Å². The average Bonchev–Trinajstić information content (AvgIpc) is 2.33. The molecular formula is C12H18N4O. The number of carbonyl (C=O) groups is 1. The SMILES string of the molecule is CN1CCN(CC(=O)Nc2cccnc2)CC1. The van der Waals surface area contributed by atoms with Crippen molar-refractivity contribution in [3.8, 4) is 0 Å². The van der Waals surface area contributed by atoms with Gasteiger partial charge in [0, 0.05) is 32.4 Å². The van der Waals surface area contributed by atoms with Crippen LogP contribution in [0.2, 0.25) is 0 Å². The molecule has 1 aromatic heterocycles. The Hall–Kier alpha value is -1.46. The third kappa shape index (κ3) is 3.80. The summed E-state index contributed by atoms with van der Waals surface area (Å²) in [5, 5.41) is 2.84. The molecule has 1 aliphatic rings. The first-order valence-electron chi connectivity index (χ1n) is 5.85. The van der Waals surface area contributed by atoms with E-state index in [1.165, 1.54) is 0 Å². The van der Waals surface area contributed by atoms with E-state index in [9.17, 15) is 4.79 Å². The van der Waals surface area contributed by atoms with Gasteiger partial charge in [-0.3, -0.25) is 14.7 Å². The Bertz CT molecular complexity index is 360. The van der Waals surface area contributed by atoms with Crippen LogP contribution in [0.3, 0.4) is 0 Å². The molecule has 1 fully saturated rings. The molecule has 2 heterocycles. The van der Waals surface area contributed by atoms with Crippen LogP contribution in [0.1, 0.15) is 0 Å². The van der Waals surface area contributed by atoms with Gasteiger partial charge in [-0.2, -0.15) is 0 Å². The van der Waals surface area contributed by atoms with Gasteiger partial charge in [0.25, 0.3) is 0 Å². The molecule has 0 radical (unpaired) electrons. The van der Waals surface area contributed by atoms with Gasteiger partial charge < -0.3 is 10.2 Å². The zero-order valence-electron chi connectivity index (χ0n) is 10.1. The number of piperazine rings is 1. The van der Waals surface area contributed by atoms with Gasteiger partial charge in [-0.15, -0.1) is 0 Å². The first kappa shape index (κ1) is 12.0. The third-order valence-corrected chi connectivity index (χ3v) is 2.91. The minimum atomic E-state index is 0.0301. The van der Waals surface area contributed by atoms with Gasteiger partial charge in [-0.25, -0.2) is 0 Å². The highest BCUT2D eigenvalue weighted by atomic mass is 16.2. The number of hydrogen-bond acceptors (Lipinski definition) is 4. The Kier molecular flexibility index (Phi) is 4.06. The highest BCUT2D eigenvalue weighted by molar-refractivity contribution is 5.92. The molecule has 1 amide bonds. The third-order valence-electron chi connectivity index (χ3n) is 2.91. The number of nitrogens with one attached hydrogen (secondary N) is 1. The van der Waals surface area contributed by atoms with Gasteiger partial charge in [-0.05, 0) is 19.2 Å². The lowest BCUT2D eigenvalue weighted by atomic mass is 10.3. The summed E-state index contributed by atoms with van der Waals surface area (Å²) in [7, 11) is 2.10. The maximum Gasteiger partial charge on any atom is 0.238 e. The maximum absolute atomic E-state index is 11.8. The maximum atomic E-state index is 11.8. The fourth-order valence-corrected chi connectivity index (χ4v) is 1.85. The molecule has 0 aliphatic carbocycles. The second kappa shape index (κ2) is 5.75. The van der Waals surface area contributed by atoms with E-state index in [-0.39, 0.29) is 5.91 Å². The molecule has 1 aromatic rings. The van der Waals surface area contributed by atoms with E-state index < -0.39 is 0 Å². The Morgan fingerprint density at radius 1 is 1.41 bits per heavy atom. The van der Waals surface area contributed by atoms with Crippen molar-refractivity contribution in [1.29, 1.82) is 0 Å². The second-order valence-corrected chi connectivity index (χ2v) is 4.37. The van der Waals surface area contributed by atoms with E-state index in [1.54, 1.807) is 12.4 Å². The van der Waals surface area contributed by atoms with Crippen LogP contribution < -0.4 is 5.32 Å². The van der Waals surface area contributed by atoms with Crippen LogP contribution in [0.25, 0.3) is 0 Å². The van der Waals surface area contributed by atoms with E-state index in [1.807, 2.05) is 12.1 Å². The molecule has 1 N–H and O–H groups in total. The van der Waals surface area contributed by atoms with Crippen LogP contribution >= 0.6 is 0 Å². The fourth-order valence-electron chi connectivity index (χ4n) is 1.85. The normalized spacial score (nSPS) is 17.9. The molecule has 1 aliphatic heterocycles. The standard InChI is InChI=1S/C12H18N4O/c1-15-5-7-16(8-6-15)10-12(17)14-11-3-2-4-13-9-11/h2-4,9H,5-8,10H2,1H3,(H,14,17). The van der Waals surface area contributed by atoms with Gasteiger partial charge >= 0.3 is 0 Å². The zero-order chi connectivity index (χ0) is 12.1. The van der Waals surface area contributed by atoms with Crippen molar-refractivity contribution < 1.29 is 4.79 Å². The highest BCUT2D eigenvalue weighted by Crippen LogP contribution is 2.04. The minimum Gasteiger partial charge on any atom is -0.324 e. The van der Waals surface area contributed by atoms with Crippen molar-refractivity contribution in [2.24, 2.45) is 0 Å². The lowest BCUT2D eigenvalue weighted by Crippen LogP contribution is -2.47. The van der Waals surface area contributed by atoms with Crippen molar-refractivity contribution in [2.45, 2.75) is 0 Å². The van der Waals surface area contributed by atoms with E-state index in [0.29, 0.717) is 6.54 Å². The Balaban J connectivity index is 1.78. The van der Waals surface area contributed by atoms with E-state index in [2.05, 4.69) is 27.1 Å². The first-order valence-corrected chi connectivity index (χ1v) is 5.85. The largest absolute Gasteiger partial charge is 0.324 e. The van der Waals surface area contributed by atoms with Crippen LogP contribution in [-0.2, 0) is 4.79 Å². The summed E-state index contributed by atoms with van der Waals surface area (Å²) in [6.45, 7) is 4.43. The molecule has 5 heteroatoms. The van der Waals surface area contributed by atoms with Crippen molar-refractivity contribution in [2.75, 3.05) is 45.1 Å². The Morgan fingerprint density at radius 2 is 2.18 bits per heavy atom. The Morgan fingerprint density at radius 3 is 2.82 bits per heavy atom.